The molecule has 2 saturated heterocycles. The zero-order valence-corrected chi connectivity index (χ0v) is 41.3. The number of nitrogens with zero attached hydrogens (tertiary/aromatic N) is 5. The van der Waals surface area contributed by atoms with Crippen molar-refractivity contribution in [3.8, 4) is 11.5 Å². The van der Waals surface area contributed by atoms with Gasteiger partial charge in [0.15, 0.2) is 11.6 Å². The van der Waals surface area contributed by atoms with E-state index in [2.05, 4.69) is 9.68 Å². The zero-order chi connectivity index (χ0) is 51.8. The predicted molar refractivity (Wildman–Crippen MR) is 247 cm³/mol. The first-order chi connectivity index (χ1) is 34.6. The molecule has 3 aliphatic rings. The van der Waals surface area contributed by atoms with Gasteiger partial charge in [-0.2, -0.15) is 0 Å². The lowest BCUT2D eigenvalue weighted by Crippen LogP contribution is -2.73. The number of methoxy groups -OCH3 is 1. The minimum Gasteiger partial charge on any atom is -0.491 e. The molecule has 3 amide bonds. The van der Waals surface area contributed by atoms with Gasteiger partial charge in [-0.1, -0.05) is 48.0 Å². The minimum absolute atomic E-state index is 0.0324. The van der Waals surface area contributed by atoms with Crippen LogP contribution in [0.15, 0.2) is 54.6 Å². The Kier molecular flexibility index (Phi) is 21.4. The standard InChI is InChI=1S/C48H64ClF2N5O16/c1-32-35(7-4-8-41(32)67-23-18-64-3)29-53(36-13-14-36)45(57)48(2)38(34-11-9-33(10-12-34)6-5-17-68-44-40(51)16-15-39(50)43(44)49)28-37-30-52(46(58)69-24-19-65-21-26-71-55(60)61)31-42(48)54(37)47(59)70-25-20-66-22-27-72-56(62)63/h4,7-12,15-16,36-38,42,60-63H,5-6,13-14,17-31H2,1-3H3. The fourth-order valence-corrected chi connectivity index (χ4v) is 9.37. The largest absolute Gasteiger partial charge is 0.491 e. The van der Waals surface area contributed by atoms with E-state index in [1.54, 1.807) is 12.0 Å². The molecule has 3 aromatic rings. The normalized spacial score (nSPS) is 19.7. The number of hydrogen-bond donors (Lipinski definition) is 4. The summed E-state index contributed by atoms with van der Waals surface area (Å²) in [5, 5.41) is 33.8. The second-order valence-corrected chi connectivity index (χ2v) is 18.0. The SMILES string of the molecule is COCCOc1cccc(CN(C(=O)C2(C)C(c3ccc(CCCOc4c(F)ccc(F)c4Cl)cc3)CC3CN(C(=O)OCCOCCON(O)O)CC2N3C(=O)OCCOCCON(O)O)C2CC2)c1C. The molecule has 2 heterocycles. The van der Waals surface area contributed by atoms with Crippen LogP contribution in [0.25, 0.3) is 0 Å². The molecule has 0 radical (unpaired) electrons. The number of carbonyl (C=O) groups is 3. The molecule has 24 heteroatoms. The maximum absolute atomic E-state index is 16.0. The van der Waals surface area contributed by atoms with Crippen molar-refractivity contribution in [2.75, 3.05) is 92.9 Å². The molecule has 398 valence electrons. The van der Waals surface area contributed by atoms with Crippen LogP contribution in [0.2, 0.25) is 5.02 Å². The molecule has 1 aliphatic carbocycles. The smallest absolute Gasteiger partial charge is 0.410 e. The molecular weight excluding hydrogens is 976 g/mol. The maximum atomic E-state index is 16.0. The number of ether oxygens (including phenoxy) is 7. The average Bonchev–Trinajstić information content (AvgIpc) is 4.21. The van der Waals surface area contributed by atoms with E-state index in [4.69, 9.17) is 65.6 Å². The number of amides is 3. The summed E-state index contributed by atoms with van der Waals surface area (Å²) >= 11 is 5.96. The van der Waals surface area contributed by atoms with Crippen LogP contribution in [-0.4, -0.2) is 175 Å². The highest BCUT2D eigenvalue weighted by Gasteiger charge is 2.62. The molecule has 1 saturated carbocycles. The first kappa shape index (κ1) is 56.3. The number of carbonyl (C=O) groups excluding carboxylic acids is 3. The summed E-state index contributed by atoms with van der Waals surface area (Å²) in [4.78, 5) is 58.2. The van der Waals surface area contributed by atoms with Crippen LogP contribution in [-0.2, 0) is 51.1 Å². The van der Waals surface area contributed by atoms with Crippen LogP contribution in [0.3, 0.4) is 0 Å². The van der Waals surface area contributed by atoms with E-state index in [1.807, 2.05) is 61.2 Å². The van der Waals surface area contributed by atoms with Gasteiger partial charge in [0.2, 0.25) is 5.91 Å². The van der Waals surface area contributed by atoms with Crippen LogP contribution in [0.5, 0.6) is 11.5 Å². The number of rotatable bonds is 28. The Balaban J connectivity index is 1.29. The zero-order valence-electron chi connectivity index (χ0n) is 40.5. The van der Waals surface area contributed by atoms with Crippen molar-refractivity contribution in [2.45, 2.75) is 76.5 Å². The van der Waals surface area contributed by atoms with E-state index < -0.39 is 63.0 Å². The monoisotopic (exact) mass is 1040 g/mol. The van der Waals surface area contributed by atoms with Gasteiger partial charge in [-0.3, -0.25) is 30.5 Å². The molecule has 0 spiro atoms. The van der Waals surface area contributed by atoms with Gasteiger partial charge >= 0.3 is 12.2 Å². The van der Waals surface area contributed by atoms with Gasteiger partial charge in [-0.05, 0) is 86.4 Å². The number of aryl methyl sites for hydroxylation is 1. The summed E-state index contributed by atoms with van der Waals surface area (Å²) in [5.74, 6) is -1.98. The molecule has 4 unspecified atom stereocenters. The van der Waals surface area contributed by atoms with E-state index >= 15 is 4.79 Å². The van der Waals surface area contributed by atoms with Gasteiger partial charge in [0.1, 0.15) is 36.4 Å². The van der Waals surface area contributed by atoms with Crippen molar-refractivity contribution in [1.82, 2.24) is 25.5 Å². The van der Waals surface area contributed by atoms with Gasteiger partial charge in [-0.15, -0.1) is 0 Å². The van der Waals surface area contributed by atoms with Gasteiger partial charge in [0.25, 0.3) is 0 Å². The van der Waals surface area contributed by atoms with Crippen molar-refractivity contribution >= 4 is 29.7 Å². The second-order valence-electron chi connectivity index (χ2n) is 17.6. The number of piperazine rings is 1. The predicted octanol–water partition coefficient (Wildman–Crippen LogP) is 6.33. The Morgan fingerprint density at radius 3 is 2.04 bits per heavy atom. The van der Waals surface area contributed by atoms with Crippen molar-refractivity contribution < 1.29 is 86.8 Å². The van der Waals surface area contributed by atoms with Gasteiger partial charge in [0.05, 0.1) is 81.1 Å². The third-order valence-electron chi connectivity index (χ3n) is 13.0. The summed E-state index contributed by atoms with van der Waals surface area (Å²) < 4.78 is 67.3. The molecule has 3 aromatic carbocycles. The Morgan fingerprint density at radius 1 is 0.764 bits per heavy atom. The highest BCUT2D eigenvalue weighted by atomic mass is 35.5. The molecule has 72 heavy (non-hydrogen) atoms. The van der Waals surface area contributed by atoms with Crippen LogP contribution in [0.1, 0.15) is 60.8 Å². The average molecular weight is 1040 g/mol. The highest BCUT2D eigenvalue weighted by Crippen LogP contribution is 2.53. The second kappa shape index (κ2) is 27.3. The van der Waals surface area contributed by atoms with E-state index in [9.17, 15) is 18.4 Å². The Morgan fingerprint density at radius 2 is 1.40 bits per heavy atom. The van der Waals surface area contributed by atoms with Crippen molar-refractivity contribution in [2.24, 2.45) is 5.41 Å². The van der Waals surface area contributed by atoms with E-state index in [1.165, 1.54) is 4.90 Å². The van der Waals surface area contributed by atoms with Gasteiger partial charge in [-0.25, -0.2) is 28.0 Å². The number of fused-ring (bicyclic) bond motifs is 2. The lowest BCUT2D eigenvalue weighted by Gasteiger charge is -2.59. The lowest BCUT2D eigenvalue weighted by molar-refractivity contribution is -0.493. The molecule has 0 aromatic heterocycles. The number of benzene rings is 3. The van der Waals surface area contributed by atoms with Gasteiger partial charge in [0, 0.05) is 38.7 Å². The van der Waals surface area contributed by atoms with Crippen LogP contribution >= 0.6 is 11.6 Å². The molecule has 6 rings (SSSR count). The first-order valence-corrected chi connectivity index (χ1v) is 24.0. The highest BCUT2D eigenvalue weighted by molar-refractivity contribution is 6.32. The van der Waals surface area contributed by atoms with Gasteiger partial charge < -0.3 is 43.0 Å². The molecule has 2 bridgehead atoms. The number of likely N-dealkylation sites (tertiary alicyclic amines) is 1. The first-order valence-electron chi connectivity index (χ1n) is 23.6. The summed E-state index contributed by atoms with van der Waals surface area (Å²) in [6.45, 7) is 3.83. The Bertz CT molecular complexity index is 2230. The maximum Gasteiger partial charge on any atom is 0.410 e. The Hall–Kier alpha value is -5.02. The van der Waals surface area contributed by atoms with Crippen molar-refractivity contribution in [1.29, 1.82) is 0 Å². The Labute approximate surface area is 420 Å². The van der Waals surface area contributed by atoms with Crippen LogP contribution < -0.4 is 9.47 Å². The van der Waals surface area contributed by atoms with Crippen LogP contribution in [0.4, 0.5) is 18.4 Å². The summed E-state index contributed by atoms with van der Waals surface area (Å²) in [6.07, 6.45) is 1.29. The molecule has 4 N–H and O–H groups in total. The number of piperidine rings is 1. The molecule has 2 aliphatic heterocycles. The van der Waals surface area contributed by atoms with E-state index in [0.717, 1.165) is 47.2 Å². The molecule has 21 nitrogen and oxygen atoms in total. The third-order valence-corrected chi connectivity index (χ3v) is 13.3. The fourth-order valence-electron chi connectivity index (χ4n) is 9.16. The minimum atomic E-state index is -1.40. The lowest BCUT2D eigenvalue weighted by atomic mass is 9.60. The number of hydrogen-bond acceptors (Lipinski definition) is 18. The summed E-state index contributed by atoms with van der Waals surface area (Å²) in [5.41, 5.74) is 2.07. The van der Waals surface area contributed by atoms with E-state index in [-0.39, 0.29) is 103 Å². The third kappa shape index (κ3) is 15.0. The van der Waals surface area contributed by atoms with Crippen molar-refractivity contribution in [3.05, 3.63) is 93.5 Å². The summed E-state index contributed by atoms with van der Waals surface area (Å²) in [7, 11) is 1.59. The summed E-state index contributed by atoms with van der Waals surface area (Å²) in [6, 6.07) is 13.6. The quantitative estimate of drug-likeness (QED) is 0.0353. The fraction of sp³-hybridized carbons (Fsp3) is 0.562. The number of halogens is 3. The molecule has 3 fully saturated rings. The van der Waals surface area contributed by atoms with Crippen molar-refractivity contribution in [3.63, 3.8) is 0 Å². The van der Waals surface area contributed by atoms with E-state index in [0.29, 0.717) is 31.8 Å². The van der Waals surface area contributed by atoms with Crippen LogP contribution in [0, 0.1) is 24.0 Å². The molecular formula is C48H64ClF2N5O16. The molecule has 4 atom stereocenters. The topological polar surface area (TPSA) is 231 Å².